The Morgan fingerprint density at radius 3 is 2.41 bits per heavy atom. The number of aromatic amines is 1. The maximum absolute atomic E-state index is 13.3. The van der Waals surface area contributed by atoms with E-state index in [1.807, 2.05) is 43.3 Å². The van der Waals surface area contributed by atoms with Crippen LogP contribution in [0.5, 0.6) is 17.2 Å². The first kappa shape index (κ1) is 25.8. The van der Waals surface area contributed by atoms with Crippen molar-refractivity contribution in [3.8, 4) is 17.2 Å². The van der Waals surface area contributed by atoms with Gasteiger partial charge in [-0.3, -0.25) is 9.59 Å². The highest BCUT2D eigenvalue weighted by Crippen LogP contribution is 2.35. The third-order valence-corrected chi connectivity index (χ3v) is 6.43. The summed E-state index contributed by atoms with van der Waals surface area (Å²) >= 11 is 0. The minimum absolute atomic E-state index is 0.165. The highest BCUT2D eigenvalue weighted by molar-refractivity contribution is 5.91. The first-order chi connectivity index (χ1) is 17.9. The number of hydrogen-bond acceptors (Lipinski definition) is 7. The number of nitrogens with two attached hydrogens (primary N) is 1. The molecule has 194 valence electrons. The van der Waals surface area contributed by atoms with Crippen LogP contribution in [0.1, 0.15) is 36.6 Å². The van der Waals surface area contributed by atoms with Crippen LogP contribution in [-0.4, -0.2) is 43.7 Å². The number of carbonyl (C=O) groups is 1. The van der Waals surface area contributed by atoms with Crippen molar-refractivity contribution < 1.29 is 19.0 Å². The Hall–Kier alpha value is -4.27. The van der Waals surface area contributed by atoms with Crippen molar-refractivity contribution in [3.63, 3.8) is 0 Å². The first-order valence-corrected chi connectivity index (χ1v) is 12.2. The van der Waals surface area contributed by atoms with Crippen LogP contribution >= 0.6 is 0 Å². The van der Waals surface area contributed by atoms with E-state index in [4.69, 9.17) is 24.9 Å². The lowest BCUT2D eigenvalue weighted by Gasteiger charge is -2.16. The van der Waals surface area contributed by atoms with E-state index in [9.17, 15) is 9.59 Å². The summed E-state index contributed by atoms with van der Waals surface area (Å²) < 4.78 is 16.4. The second-order valence-electron chi connectivity index (χ2n) is 8.75. The van der Waals surface area contributed by atoms with Gasteiger partial charge in [-0.2, -0.15) is 0 Å². The van der Waals surface area contributed by atoms with Gasteiger partial charge in [0, 0.05) is 41.4 Å². The van der Waals surface area contributed by atoms with Gasteiger partial charge in [0.2, 0.25) is 5.91 Å². The number of ether oxygens (including phenoxy) is 3. The molecule has 1 amide bonds. The lowest BCUT2D eigenvalue weighted by atomic mass is 9.97. The van der Waals surface area contributed by atoms with Crippen molar-refractivity contribution >= 4 is 33.4 Å². The minimum Gasteiger partial charge on any atom is -0.497 e. The normalized spacial score (nSPS) is 11.0. The fourth-order valence-electron chi connectivity index (χ4n) is 4.51. The van der Waals surface area contributed by atoms with Crippen molar-refractivity contribution in [1.29, 1.82) is 0 Å². The minimum atomic E-state index is -0.348. The molecule has 0 aliphatic carbocycles. The van der Waals surface area contributed by atoms with Crippen LogP contribution in [0, 0.1) is 0 Å². The van der Waals surface area contributed by atoms with E-state index in [2.05, 4.69) is 10.3 Å². The number of aryl methyl sites for hydroxylation is 1. The zero-order valence-corrected chi connectivity index (χ0v) is 21.6. The van der Waals surface area contributed by atoms with Crippen molar-refractivity contribution in [1.82, 2.24) is 9.97 Å². The Morgan fingerprint density at radius 1 is 1.03 bits per heavy atom. The fraction of sp³-hybridized carbons (Fsp3) is 0.321. The molecule has 2 heterocycles. The molecule has 0 radical (unpaired) electrons. The largest absolute Gasteiger partial charge is 0.497 e. The molecule has 2 aromatic heterocycles. The zero-order chi connectivity index (χ0) is 26.5. The number of methoxy groups -OCH3 is 3. The van der Waals surface area contributed by atoms with Gasteiger partial charge in [0.1, 0.15) is 11.6 Å². The fourth-order valence-corrected chi connectivity index (χ4v) is 4.51. The Kier molecular flexibility index (Phi) is 7.81. The van der Waals surface area contributed by atoms with E-state index < -0.39 is 0 Å². The molecular formula is C28H32N4O5. The van der Waals surface area contributed by atoms with Crippen LogP contribution in [0.15, 0.2) is 41.2 Å². The molecule has 2 aromatic carbocycles. The van der Waals surface area contributed by atoms with E-state index in [1.165, 1.54) is 0 Å². The van der Waals surface area contributed by atoms with Crippen LogP contribution in [0.4, 0.5) is 5.82 Å². The number of pyridine rings is 2. The summed E-state index contributed by atoms with van der Waals surface area (Å²) in [6.07, 6.45) is 1.83. The second kappa shape index (κ2) is 11.2. The number of rotatable bonds is 11. The first-order valence-electron chi connectivity index (χ1n) is 12.2. The summed E-state index contributed by atoms with van der Waals surface area (Å²) in [4.78, 5) is 32.4. The molecule has 4 N–H and O–H groups in total. The highest BCUT2D eigenvalue weighted by Gasteiger charge is 2.18. The summed E-state index contributed by atoms with van der Waals surface area (Å²) in [5.74, 6) is 2.16. The molecule has 0 fully saturated rings. The topological polar surface area (TPSA) is 129 Å². The molecule has 4 rings (SSSR count). The zero-order valence-electron chi connectivity index (χ0n) is 21.6. The molecule has 37 heavy (non-hydrogen) atoms. The van der Waals surface area contributed by atoms with Crippen LogP contribution in [0.25, 0.3) is 21.7 Å². The molecular weight excluding hydrogens is 472 g/mol. The molecule has 0 aliphatic heterocycles. The van der Waals surface area contributed by atoms with Crippen molar-refractivity contribution in [3.05, 3.63) is 63.6 Å². The standard InChI is InChI=1S/C28H32N4O5/c1-5-22-20-15-25(37-4)24(36-3)14-19(20)21(28(34)32-22)13-17-11-16-12-18(35-2)8-9-23(16)31-27(17)30-10-6-7-26(29)33/h8-9,11-12,14-15H,5-7,10,13H2,1-4H3,(H2,29,33)(H,30,31)(H,32,34). The van der Waals surface area contributed by atoms with Gasteiger partial charge in [0.15, 0.2) is 11.5 Å². The Balaban J connectivity index is 1.86. The van der Waals surface area contributed by atoms with Gasteiger partial charge in [-0.05, 0) is 60.2 Å². The average Bonchev–Trinajstić information content (AvgIpc) is 2.91. The molecule has 0 atom stereocenters. The van der Waals surface area contributed by atoms with Gasteiger partial charge < -0.3 is 30.2 Å². The average molecular weight is 505 g/mol. The van der Waals surface area contributed by atoms with E-state index in [1.54, 1.807) is 21.3 Å². The third-order valence-electron chi connectivity index (χ3n) is 6.43. The highest BCUT2D eigenvalue weighted by atomic mass is 16.5. The number of benzene rings is 2. The summed E-state index contributed by atoms with van der Waals surface area (Å²) in [6, 6.07) is 11.4. The quantitative estimate of drug-likeness (QED) is 0.264. The number of primary amides is 1. The van der Waals surface area contributed by atoms with Crippen molar-refractivity contribution in [2.75, 3.05) is 33.2 Å². The van der Waals surface area contributed by atoms with E-state index >= 15 is 0 Å². The number of anilines is 1. The molecule has 0 spiro atoms. The van der Waals surface area contributed by atoms with Crippen LogP contribution in [-0.2, 0) is 17.6 Å². The summed E-state index contributed by atoms with van der Waals surface area (Å²) in [5, 5.41) is 5.92. The number of aromatic nitrogens is 2. The van der Waals surface area contributed by atoms with Gasteiger partial charge in [0.05, 0.1) is 26.8 Å². The molecule has 0 aliphatic rings. The Morgan fingerprint density at radius 2 is 1.76 bits per heavy atom. The van der Waals surface area contributed by atoms with Crippen LogP contribution in [0.2, 0.25) is 0 Å². The van der Waals surface area contributed by atoms with Gasteiger partial charge in [-0.25, -0.2) is 4.98 Å². The van der Waals surface area contributed by atoms with Crippen LogP contribution < -0.4 is 30.8 Å². The SMILES string of the molecule is CCc1[nH]c(=O)c(Cc2cc3cc(OC)ccc3nc2NCCCC(N)=O)c2cc(OC)c(OC)cc12. The van der Waals surface area contributed by atoms with Gasteiger partial charge in [0.25, 0.3) is 5.56 Å². The Labute approximate surface area is 214 Å². The smallest absolute Gasteiger partial charge is 0.252 e. The summed E-state index contributed by atoms with van der Waals surface area (Å²) in [5.41, 5.74) is 8.18. The number of hydrogen-bond donors (Lipinski definition) is 3. The number of H-pyrrole nitrogens is 1. The molecule has 9 heteroatoms. The number of nitrogens with one attached hydrogen (secondary N) is 2. The molecule has 0 bridgehead atoms. The number of nitrogens with zero attached hydrogens (tertiary/aromatic N) is 1. The number of amides is 1. The molecule has 9 nitrogen and oxygen atoms in total. The van der Waals surface area contributed by atoms with Crippen LogP contribution in [0.3, 0.4) is 0 Å². The summed E-state index contributed by atoms with van der Waals surface area (Å²) in [7, 11) is 4.78. The predicted octanol–water partition coefficient (Wildman–Crippen LogP) is 3.93. The number of carbonyl (C=O) groups excluding carboxylic acids is 1. The summed E-state index contributed by atoms with van der Waals surface area (Å²) in [6.45, 7) is 2.51. The van der Waals surface area contributed by atoms with Crippen molar-refractivity contribution in [2.24, 2.45) is 5.73 Å². The lowest BCUT2D eigenvalue weighted by Crippen LogP contribution is -2.17. The van der Waals surface area contributed by atoms with Gasteiger partial charge in [-0.15, -0.1) is 0 Å². The maximum Gasteiger partial charge on any atom is 0.252 e. The van der Waals surface area contributed by atoms with E-state index in [0.29, 0.717) is 48.7 Å². The predicted molar refractivity (Wildman–Crippen MR) is 145 cm³/mol. The lowest BCUT2D eigenvalue weighted by molar-refractivity contribution is -0.118. The monoisotopic (exact) mass is 504 g/mol. The maximum atomic E-state index is 13.3. The van der Waals surface area contributed by atoms with Gasteiger partial charge in [-0.1, -0.05) is 6.92 Å². The van der Waals surface area contributed by atoms with E-state index in [-0.39, 0.29) is 17.9 Å². The van der Waals surface area contributed by atoms with Crippen molar-refractivity contribution in [2.45, 2.75) is 32.6 Å². The molecule has 0 unspecified atom stereocenters. The molecule has 0 saturated carbocycles. The van der Waals surface area contributed by atoms with E-state index in [0.717, 1.165) is 38.7 Å². The molecule has 4 aromatic rings. The Bertz CT molecular complexity index is 1510. The van der Waals surface area contributed by atoms with Gasteiger partial charge >= 0.3 is 0 Å². The molecule has 0 saturated heterocycles. The third kappa shape index (κ3) is 5.45. The second-order valence-corrected chi connectivity index (χ2v) is 8.75. The number of fused-ring (bicyclic) bond motifs is 2.